The number of rotatable bonds is 4. The Bertz CT molecular complexity index is 1550. The van der Waals surface area contributed by atoms with Crippen LogP contribution in [0.2, 0.25) is 5.02 Å². The quantitative estimate of drug-likeness (QED) is 0.414. The Morgan fingerprint density at radius 3 is 2.67 bits per heavy atom. The summed E-state index contributed by atoms with van der Waals surface area (Å²) in [6.07, 6.45) is 9.72. The van der Waals surface area contributed by atoms with Gasteiger partial charge in [0.05, 0.1) is 28.0 Å². The van der Waals surface area contributed by atoms with E-state index in [0.29, 0.717) is 16.4 Å². The van der Waals surface area contributed by atoms with E-state index in [1.165, 1.54) is 5.56 Å². The minimum atomic E-state index is -0.210. The molecule has 7 heteroatoms. The average Bonchev–Trinajstić information content (AvgIpc) is 3.55. The van der Waals surface area contributed by atoms with E-state index in [0.717, 1.165) is 40.6 Å². The highest BCUT2D eigenvalue weighted by atomic mass is 35.5. The van der Waals surface area contributed by atoms with Crippen LogP contribution < -0.4 is 5.32 Å². The van der Waals surface area contributed by atoms with Gasteiger partial charge in [-0.05, 0) is 54.3 Å². The summed E-state index contributed by atoms with van der Waals surface area (Å²) >= 11 is 6.39. The third-order valence-electron chi connectivity index (χ3n) is 6.53. The van der Waals surface area contributed by atoms with Gasteiger partial charge in [0.25, 0.3) is 5.91 Å². The van der Waals surface area contributed by atoms with Crippen LogP contribution in [0.1, 0.15) is 34.5 Å². The second kappa shape index (κ2) is 7.39. The smallest absolute Gasteiger partial charge is 0.252 e. The number of aromatic nitrogens is 4. The van der Waals surface area contributed by atoms with E-state index in [1.807, 2.05) is 24.5 Å². The molecule has 1 aliphatic rings. The average molecular weight is 454 g/mol. The molecule has 1 saturated carbocycles. The van der Waals surface area contributed by atoms with Gasteiger partial charge in [0.15, 0.2) is 0 Å². The zero-order valence-corrected chi connectivity index (χ0v) is 18.7. The third kappa shape index (κ3) is 3.17. The lowest BCUT2D eigenvalue weighted by Crippen LogP contribution is -2.18. The predicted octanol–water partition coefficient (Wildman–Crippen LogP) is 5.04. The first-order chi connectivity index (χ1) is 16.1. The van der Waals surface area contributed by atoms with Crippen molar-refractivity contribution >= 4 is 34.2 Å². The molecule has 2 aromatic carbocycles. The summed E-state index contributed by atoms with van der Waals surface area (Å²) in [6, 6.07) is 16.0. The van der Waals surface area contributed by atoms with Gasteiger partial charge in [0.1, 0.15) is 0 Å². The summed E-state index contributed by atoms with van der Waals surface area (Å²) in [4.78, 5) is 25.6. The molecule has 0 atom stereocenters. The van der Waals surface area contributed by atoms with E-state index in [-0.39, 0.29) is 11.3 Å². The van der Waals surface area contributed by atoms with Crippen LogP contribution in [0.25, 0.3) is 27.8 Å². The highest BCUT2D eigenvalue weighted by molar-refractivity contribution is 6.34. The van der Waals surface area contributed by atoms with Gasteiger partial charge in [-0.2, -0.15) is 0 Å². The molecule has 162 valence electrons. The molecule has 6 nitrogen and oxygen atoms in total. The number of halogens is 1. The van der Waals surface area contributed by atoms with Gasteiger partial charge in [0.2, 0.25) is 5.78 Å². The fraction of sp³-hybridized carbons (Fsp3) is 0.154. The van der Waals surface area contributed by atoms with Crippen molar-refractivity contribution in [3.05, 3.63) is 95.2 Å². The van der Waals surface area contributed by atoms with Crippen molar-refractivity contribution in [1.82, 2.24) is 24.7 Å². The monoisotopic (exact) mass is 453 g/mol. The minimum absolute atomic E-state index is 0.0789. The van der Waals surface area contributed by atoms with Crippen molar-refractivity contribution in [3.63, 3.8) is 0 Å². The second-order valence-corrected chi connectivity index (χ2v) is 8.83. The van der Waals surface area contributed by atoms with Gasteiger partial charge < -0.3 is 5.32 Å². The Kier molecular flexibility index (Phi) is 4.45. The van der Waals surface area contributed by atoms with Crippen molar-refractivity contribution in [2.45, 2.75) is 18.3 Å². The van der Waals surface area contributed by atoms with Crippen LogP contribution in [0.4, 0.5) is 0 Å². The number of carbonyl (C=O) groups excluding carboxylic acids is 1. The van der Waals surface area contributed by atoms with Crippen LogP contribution in [0.3, 0.4) is 0 Å². The molecule has 0 radical (unpaired) electrons. The fourth-order valence-electron chi connectivity index (χ4n) is 4.58. The molecular weight excluding hydrogens is 434 g/mol. The zero-order valence-electron chi connectivity index (χ0n) is 17.9. The van der Waals surface area contributed by atoms with Gasteiger partial charge in [-0.15, -0.1) is 0 Å². The molecule has 3 aromatic heterocycles. The first-order valence-electron chi connectivity index (χ1n) is 10.8. The Morgan fingerprint density at radius 1 is 1.03 bits per heavy atom. The van der Waals surface area contributed by atoms with E-state index in [4.69, 9.17) is 11.6 Å². The number of benzene rings is 2. The Labute approximate surface area is 195 Å². The van der Waals surface area contributed by atoms with Crippen LogP contribution in [-0.4, -0.2) is 32.3 Å². The van der Waals surface area contributed by atoms with Crippen LogP contribution in [-0.2, 0) is 5.41 Å². The number of pyridine rings is 1. The molecule has 1 aliphatic carbocycles. The SMILES string of the molecule is CNC(=O)c1ccc(-c2cnc3ncc(C4(c5ccc6ncccc6c5)CC4)n3c2)cc1Cl. The van der Waals surface area contributed by atoms with Gasteiger partial charge in [-0.1, -0.05) is 29.8 Å². The standard InChI is InChI=1S/C26H20ClN5O/c1-28-24(33)20-6-4-16(12-21(20)27)18-13-30-25-31-14-23(32(25)15-18)26(8-9-26)19-5-7-22-17(11-19)3-2-10-29-22/h2-7,10-15H,8-9H2,1H3,(H,28,33). The van der Waals surface area contributed by atoms with Crippen molar-refractivity contribution in [1.29, 1.82) is 0 Å². The zero-order chi connectivity index (χ0) is 22.6. The molecule has 6 rings (SSSR count). The highest BCUT2D eigenvalue weighted by Crippen LogP contribution is 2.53. The van der Waals surface area contributed by atoms with Gasteiger partial charge in [0, 0.05) is 42.0 Å². The van der Waals surface area contributed by atoms with Crippen molar-refractivity contribution in [2.75, 3.05) is 7.05 Å². The molecule has 0 unspecified atom stereocenters. The lowest BCUT2D eigenvalue weighted by atomic mass is 9.91. The predicted molar refractivity (Wildman–Crippen MR) is 129 cm³/mol. The van der Waals surface area contributed by atoms with E-state index in [9.17, 15) is 4.79 Å². The van der Waals surface area contributed by atoms with E-state index in [1.54, 1.807) is 25.4 Å². The van der Waals surface area contributed by atoms with Crippen molar-refractivity contribution in [2.24, 2.45) is 0 Å². The number of nitrogens with one attached hydrogen (secondary N) is 1. The maximum Gasteiger partial charge on any atom is 0.252 e. The molecule has 0 bridgehead atoms. The molecule has 0 spiro atoms. The van der Waals surface area contributed by atoms with E-state index in [2.05, 4.69) is 55.1 Å². The molecule has 1 amide bonds. The molecule has 33 heavy (non-hydrogen) atoms. The number of nitrogens with zero attached hydrogens (tertiary/aromatic N) is 4. The molecule has 5 aromatic rings. The summed E-state index contributed by atoms with van der Waals surface area (Å²) < 4.78 is 2.08. The van der Waals surface area contributed by atoms with Crippen LogP contribution in [0.5, 0.6) is 0 Å². The highest BCUT2D eigenvalue weighted by Gasteiger charge is 2.48. The number of imidazole rings is 1. The number of carbonyl (C=O) groups is 1. The number of hydrogen-bond donors (Lipinski definition) is 1. The summed E-state index contributed by atoms with van der Waals surface area (Å²) in [5.41, 5.74) is 5.56. The maximum absolute atomic E-state index is 12.0. The first kappa shape index (κ1) is 19.9. The van der Waals surface area contributed by atoms with E-state index >= 15 is 0 Å². The lowest BCUT2D eigenvalue weighted by molar-refractivity contribution is 0.0963. The minimum Gasteiger partial charge on any atom is -0.355 e. The van der Waals surface area contributed by atoms with Crippen LogP contribution in [0.15, 0.2) is 73.3 Å². The summed E-state index contributed by atoms with van der Waals surface area (Å²) in [7, 11) is 1.59. The number of amides is 1. The van der Waals surface area contributed by atoms with Gasteiger partial charge in [-0.3, -0.25) is 14.2 Å². The largest absolute Gasteiger partial charge is 0.355 e. The third-order valence-corrected chi connectivity index (χ3v) is 6.85. The van der Waals surface area contributed by atoms with Crippen molar-refractivity contribution < 1.29 is 4.79 Å². The topological polar surface area (TPSA) is 72.2 Å². The van der Waals surface area contributed by atoms with Gasteiger partial charge in [-0.25, -0.2) is 9.97 Å². The molecule has 0 saturated heterocycles. The Hall–Kier alpha value is -3.77. The fourth-order valence-corrected chi connectivity index (χ4v) is 4.85. The van der Waals surface area contributed by atoms with Crippen LogP contribution >= 0.6 is 11.6 Å². The van der Waals surface area contributed by atoms with Crippen molar-refractivity contribution in [3.8, 4) is 11.1 Å². The second-order valence-electron chi connectivity index (χ2n) is 8.42. The first-order valence-corrected chi connectivity index (χ1v) is 11.2. The molecule has 1 fully saturated rings. The van der Waals surface area contributed by atoms with E-state index < -0.39 is 0 Å². The molecule has 3 heterocycles. The number of fused-ring (bicyclic) bond motifs is 2. The Balaban J connectivity index is 1.44. The molecule has 1 N–H and O–H groups in total. The number of hydrogen-bond acceptors (Lipinski definition) is 4. The van der Waals surface area contributed by atoms with Gasteiger partial charge >= 0.3 is 0 Å². The summed E-state index contributed by atoms with van der Waals surface area (Å²) in [5.74, 6) is 0.453. The Morgan fingerprint density at radius 2 is 1.88 bits per heavy atom. The summed E-state index contributed by atoms with van der Waals surface area (Å²) in [5, 5.41) is 4.15. The molecule has 0 aliphatic heterocycles. The molecular formula is C26H20ClN5O. The summed E-state index contributed by atoms with van der Waals surface area (Å²) in [6.45, 7) is 0. The normalized spacial score (nSPS) is 14.5. The maximum atomic E-state index is 12.0. The lowest BCUT2D eigenvalue weighted by Gasteiger charge is -2.17. The van der Waals surface area contributed by atoms with Crippen LogP contribution in [0, 0.1) is 0 Å².